The second-order valence-electron chi connectivity index (χ2n) is 6.22. The van der Waals surface area contributed by atoms with Crippen LogP contribution < -0.4 is 5.32 Å². The molecule has 1 aliphatic rings. The SMILES string of the molecule is COC(=O)c1cnc(C(=O)Nc2nn(CC3CC3)c3ccccc23)cn1. The molecule has 0 radical (unpaired) electrons. The number of hydrogen-bond acceptors (Lipinski definition) is 6. The summed E-state index contributed by atoms with van der Waals surface area (Å²) in [5.41, 5.74) is 1.13. The lowest BCUT2D eigenvalue weighted by Crippen LogP contribution is -2.16. The van der Waals surface area contributed by atoms with Gasteiger partial charge >= 0.3 is 5.97 Å². The Bertz CT molecular complexity index is 976. The maximum Gasteiger partial charge on any atom is 0.358 e. The van der Waals surface area contributed by atoms with Crippen molar-refractivity contribution in [3.05, 3.63) is 48.0 Å². The molecule has 4 rings (SSSR count). The summed E-state index contributed by atoms with van der Waals surface area (Å²) in [6.07, 6.45) is 4.89. The predicted molar refractivity (Wildman–Crippen MR) is 93.8 cm³/mol. The maximum absolute atomic E-state index is 12.5. The van der Waals surface area contributed by atoms with Crippen LogP contribution >= 0.6 is 0 Å². The lowest BCUT2D eigenvalue weighted by molar-refractivity contribution is 0.0593. The van der Waals surface area contributed by atoms with E-state index in [9.17, 15) is 9.59 Å². The van der Waals surface area contributed by atoms with Crippen molar-refractivity contribution in [2.24, 2.45) is 5.92 Å². The molecule has 1 fully saturated rings. The summed E-state index contributed by atoms with van der Waals surface area (Å²) in [4.78, 5) is 31.7. The monoisotopic (exact) mass is 351 g/mol. The minimum atomic E-state index is -0.603. The van der Waals surface area contributed by atoms with E-state index in [1.54, 1.807) is 0 Å². The van der Waals surface area contributed by atoms with E-state index in [2.05, 4.69) is 25.1 Å². The van der Waals surface area contributed by atoms with Gasteiger partial charge in [0, 0.05) is 11.9 Å². The fourth-order valence-corrected chi connectivity index (χ4v) is 2.73. The molecule has 3 aromatic rings. The first kappa shape index (κ1) is 16.2. The standard InChI is InChI=1S/C18H17N5O3/c1-26-18(25)14-9-19-13(8-20-14)17(24)21-16-12-4-2-3-5-15(12)23(22-16)10-11-6-7-11/h2-5,8-9,11H,6-7,10H2,1H3,(H,21,22,24). The molecular formula is C18H17N5O3. The third-order valence-electron chi connectivity index (χ3n) is 4.30. The van der Waals surface area contributed by atoms with Gasteiger partial charge in [0.15, 0.2) is 11.5 Å². The topological polar surface area (TPSA) is 99.0 Å². The Morgan fingerprint density at radius 3 is 2.62 bits per heavy atom. The fraction of sp³-hybridized carbons (Fsp3) is 0.278. The number of rotatable bonds is 5. The van der Waals surface area contributed by atoms with Crippen molar-refractivity contribution in [3.63, 3.8) is 0 Å². The first-order chi connectivity index (χ1) is 12.7. The zero-order chi connectivity index (χ0) is 18.1. The van der Waals surface area contributed by atoms with Crippen LogP contribution in [0.2, 0.25) is 0 Å². The van der Waals surface area contributed by atoms with Crippen molar-refractivity contribution in [2.45, 2.75) is 19.4 Å². The largest absolute Gasteiger partial charge is 0.464 e. The number of ether oxygens (including phenoxy) is 1. The molecule has 0 spiro atoms. The number of benzene rings is 1. The molecule has 132 valence electrons. The van der Waals surface area contributed by atoms with Gasteiger partial charge in [-0.3, -0.25) is 9.48 Å². The molecule has 8 heteroatoms. The lowest BCUT2D eigenvalue weighted by Gasteiger charge is -2.03. The Kier molecular flexibility index (Phi) is 4.08. The van der Waals surface area contributed by atoms with Gasteiger partial charge in [-0.2, -0.15) is 5.10 Å². The van der Waals surface area contributed by atoms with Crippen molar-refractivity contribution >= 4 is 28.6 Å². The van der Waals surface area contributed by atoms with Crippen LogP contribution in [0.5, 0.6) is 0 Å². The van der Waals surface area contributed by atoms with Gasteiger partial charge in [-0.1, -0.05) is 12.1 Å². The van der Waals surface area contributed by atoms with E-state index in [0.29, 0.717) is 11.7 Å². The van der Waals surface area contributed by atoms with Crippen molar-refractivity contribution < 1.29 is 14.3 Å². The van der Waals surface area contributed by atoms with Crippen LogP contribution in [0.25, 0.3) is 10.9 Å². The molecule has 1 aliphatic carbocycles. The molecule has 2 heterocycles. The van der Waals surface area contributed by atoms with Gasteiger partial charge in [-0.25, -0.2) is 14.8 Å². The van der Waals surface area contributed by atoms with Gasteiger partial charge in [0.05, 0.1) is 25.0 Å². The van der Waals surface area contributed by atoms with Crippen LogP contribution in [0.3, 0.4) is 0 Å². The predicted octanol–water partition coefficient (Wildman–Crippen LogP) is 2.28. The number of methoxy groups -OCH3 is 1. The number of fused-ring (bicyclic) bond motifs is 1. The van der Waals surface area contributed by atoms with E-state index < -0.39 is 11.9 Å². The highest BCUT2D eigenvalue weighted by Gasteiger charge is 2.24. The number of carbonyl (C=O) groups is 2. The summed E-state index contributed by atoms with van der Waals surface area (Å²) in [6.45, 7) is 0.851. The zero-order valence-electron chi connectivity index (χ0n) is 14.2. The minimum absolute atomic E-state index is 0.0446. The molecule has 26 heavy (non-hydrogen) atoms. The average Bonchev–Trinajstić information content (AvgIpc) is 3.44. The minimum Gasteiger partial charge on any atom is -0.464 e. The third-order valence-corrected chi connectivity index (χ3v) is 4.30. The summed E-state index contributed by atoms with van der Waals surface area (Å²) in [6, 6.07) is 7.78. The van der Waals surface area contributed by atoms with Gasteiger partial charge in [-0.05, 0) is 30.9 Å². The van der Waals surface area contributed by atoms with Gasteiger partial charge < -0.3 is 10.1 Å². The molecule has 1 aromatic carbocycles. The van der Waals surface area contributed by atoms with E-state index >= 15 is 0 Å². The van der Waals surface area contributed by atoms with Crippen molar-refractivity contribution in [1.82, 2.24) is 19.7 Å². The second-order valence-corrected chi connectivity index (χ2v) is 6.22. The first-order valence-corrected chi connectivity index (χ1v) is 8.33. The fourth-order valence-electron chi connectivity index (χ4n) is 2.73. The molecule has 2 aromatic heterocycles. The summed E-state index contributed by atoms with van der Waals surface area (Å²) in [5.74, 6) is 0.119. The number of nitrogens with one attached hydrogen (secondary N) is 1. The Morgan fingerprint density at radius 2 is 1.92 bits per heavy atom. The molecular weight excluding hydrogens is 334 g/mol. The molecule has 1 saturated carbocycles. The number of carbonyl (C=O) groups excluding carboxylic acids is 2. The summed E-state index contributed by atoms with van der Waals surface area (Å²) < 4.78 is 6.50. The molecule has 0 aliphatic heterocycles. The molecule has 0 unspecified atom stereocenters. The summed E-state index contributed by atoms with van der Waals surface area (Å²) in [5, 5.41) is 8.22. The first-order valence-electron chi connectivity index (χ1n) is 8.33. The Labute approximate surface area is 149 Å². The Hall–Kier alpha value is -3.29. The quantitative estimate of drug-likeness (QED) is 0.708. The number of nitrogens with zero attached hydrogens (tertiary/aromatic N) is 4. The number of aromatic nitrogens is 4. The maximum atomic E-state index is 12.5. The Balaban J connectivity index is 1.58. The van der Waals surface area contributed by atoms with Crippen LogP contribution in [-0.4, -0.2) is 38.7 Å². The van der Waals surface area contributed by atoms with E-state index in [0.717, 1.165) is 17.4 Å². The van der Waals surface area contributed by atoms with Crippen LogP contribution in [0.4, 0.5) is 5.82 Å². The van der Waals surface area contributed by atoms with Gasteiger partial charge in [0.2, 0.25) is 0 Å². The number of para-hydroxylation sites is 1. The Morgan fingerprint density at radius 1 is 1.19 bits per heavy atom. The van der Waals surface area contributed by atoms with Crippen molar-refractivity contribution in [2.75, 3.05) is 12.4 Å². The number of esters is 1. The zero-order valence-corrected chi connectivity index (χ0v) is 14.2. The number of amides is 1. The van der Waals surface area contributed by atoms with Crippen LogP contribution in [0.15, 0.2) is 36.7 Å². The smallest absolute Gasteiger partial charge is 0.358 e. The highest BCUT2D eigenvalue weighted by atomic mass is 16.5. The van der Waals surface area contributed by atoms with Gasteiger partial charge in [-0.15, -0.1) is 0 Å². The third kappa shape index (κ3) is 3.13. The van der Waals surface area contributed by atoms with Crippen LogP contribution in [-0.2, 0) is 11.3 Å². The van der Waals surface area contributed by atoms with Crippen molar-refractivity contribution in [3.8, 4) is 0 Å². The van der Waals surface area contributed by atoms with Gasteiger partial charge in [0.25, 0.3) is 5.91 Å². The van der Waals surface area contributed by atoms with E-state index in [1.807, 2.05) is 28.9 Å². The van der Waals surface area contributed by atoms with Gasteiger partial charge in [0.1, 0.15) is 5.69 Å². The normalized spacial score (nSPS) is 13.6. The summed E-state index contributed by atoms with van der Waals surface area (Å²) >= 11 is 0. The highest BCUT2D eigenvalue weighted by molar-refractivity contribution is 6.06. The van der Waals surface area contributed by atoms with Crippen LogP contribution in [0.1, 0.15) is 33.8 Å². The molecule has 0 saturated heterocycles. The molecule has 1 amide bonds. The molecule has 8 nitrogen and oxygen atoms in total. The number of anilines is 1. The molecule has 0 bridgehead atoms. The second kappa shape index (κ2) is 6.55. The van der Waals surface area contributed by atoms with E-state index in [4.69, 9.17) is 0 Å². The van der Waals surface area contributed by atoms with E-state index in [1.165, 1.54) is 32.3 Å². The summed E-state index contributed by atoms with van der Waals surface area (Å²) in [7, 11) is 1.26. The lowest BCUT2D eigenvalue weighted by atomic mass is 10.2. The molecule has 0 atom stereocenters. The van der Waals surface area contributed by atoms with Crippen molar-refractivity contribution in [1.29, 1.82) is 0 Å². The molecule has 1 N–H and O–H groups in total. The average molecular weight is 351 g/mol. The van der Waals surface area contributed by atoms with Crippen LogP contribution in [0, 0.1) is 5.92 Å². The highest BCUT2D eigenvalue weighted by Crippen LogP contribution is 2.32. The van der Waals surface area contributed by atoms with E-state index in [-0.39, 0.29) is 11.4 Å². The number of hydrogen-bond donors (Lipinski definition) is 1.